The number of rotatable bonds is 15. The molecule has 8 rings (SSSR count). The maximum Gasteiger partial charge on any atom is 0.131 e. The maximum absolute atomic E-state index is 6.35. The van der Waals surface area contributed by atoms with Gasteiger partial charge in [-0.25, -0.2) is 0 Å². The van der Waals surface area contributed by atoms with E-state index in [0.29, 0.717) is 53.5 Å². The van der Waals surface area contributed by atoms with E-state index >= 15 is 0 Å². The van der Waals surface area contributed by atoms with Crippen LogP contribution in [0.15, 0.2) is 194 Å². The molecule has 0 amide bonds. The molecule has 6 heteroatoms. The summed E-state index contributed by atoms with van der Waals surface area (Å²) in [6, 6.07) is 63.2. The summed E-state index contributed by atoms with van der Waals surface area (Å²) in [6.07, 6.45) is 0. The van der Waals surface area contributed by atoms with E-state index in [2.05, 4.69) is 36.4 Å². The fourth-order valence-electron chi connectivity index (χ4n) is 6.44. The lowest BCUT2D eigenvalue weighted by Crippen LogP contribution is -1.99. The minimum atomic E-state index is 0.420. The van der Waals surface area contributed by atoms with Gasteiger partial charge in [0.1, 0.15) is 70.7 Å². The van der Waals surface area contributed by atoms with Crippen LogP contribution in [0.25, 0.3) is 11.1 Å². The van der Waals surface area contributed by atoms with Crippen molar-refractivity contribution in [1.82, 2.24) is 0 Å². The standard InChI is InChI=1S/C52H42O6/c1-37-25-49(53-35-39-13-5-3-6-14-39)33-50(26-37)54-36-40-15-9-16-41(29-40)42-17-10-20-44(30-42)56-46-22-12-24-48(32-46)58-52-28-38(2)27-51(34-52)57-47-23-11-21-45(31-47)55-43-18-7-4-8-19-43/h3-34H,35-36H2,1-2H3. The summed E-state index contributed by atoms with van der Waals surface area (Å²) in [6.45, 7) is 4.97. The van der Waals surface area contributed by atoms with Crippen LogP contribution in [-0.2, 0) is 13.2 Å². The second kappa shape index (κ2) is 18.0. The summed E-state index contributed by atoms with van der Waals surface area (Å²) in [5, 5.41) is 0. The third-order valence-electron chi connectivity index (χ3n) is 9.09. The second-order valence-corrected chi connectivity index (χ2v) is 13.9. The van der Waals surface area contributed by atoms with Crippen LogP contribution in [0.3, 0.4) is 0 Å². The highest BCUT2D eigenvalue weighted by Gasteiger charge is 2.09. The van der Waals surface area contributed by atoms with Crippen LogP contribution in [0, 0.1) is 13.8 Å². The topological polar surface area (TPSA) is 55.4 Å². The van der Waals surface area contributed by atoms with Crippen LogP contribution in [0.5, 0.6) is 57.5 Å². The van der Waals surface area contributed by atoms with Crippen LogP contribution in [0.2, 0.25) is 0 Å². The number of aryl methyl sites for hydroxylation is 2. The van der Waals surface area contributed by atoms with E-state index in [0.717, 1.165) is 50.6 Å². The molecule has 286 valence electrons. The lowest BCUT2D eigenvalue weighted by Gasteiger charge is -2.13. The van der Waals surface area contributed by atoms with Gasteiger partial charge in [0.2, 0.25) is 0 Å². The van der Waals surface area contributed by atoms with E-state index in [1.165, 1.54) is 0 Å². The molecule has 0 aliphatic rings. The molecule has 8 aromatic carbocycles. The summed E-state index contributed by atoms with van der Waals surface area (Å²) in [4.78, 5) is 0. The van der Waals surface area contributed by atoms with Gasteiger partial charge in [0.05, 0.1) is 0 Å². The first-order valence-corrected chi connectivity index (χ1v) is 19.1. The highest BCUT2D eigenvalue weighted by atomic mass is 16.5. The van der Waals surface area contributed by atoms with Gasteiger partial charge >= 0.3 is 0 Å². The number of ether oxygens (including phenoxy) is 6. The minimum Gasteiger partial charge on any atom is -0.489 e. The van der Waals surface area contributed by atoms with E-state index in [9.17, 15) is 0 Å². The normalized spacial score (nSPS) is 10.7. The van der Waals surface area contributed by atoms with E-state index in [4.69, 9.17) is 28.4 Å². The van der Waals surface area contributed by atoms with Crippen molar-refractivity contribution < 1.29 is 28.4 Å². The molecule has 58 heavy (non-hydrogen) atoms. The number of para-hydroxylation sites is 1. The van der Waals surface area contributed by atoms with Gasteiger partial charge in [0.15, 0.2) is 0 Å². The van der Waals surface area contributed by atoms with Crippen LogP contribution in [0.1, 0.15) is 22.3 Å². The van der Waals surface area contributed by atoms with Crippen molar-refractivity contribution in [3.8, 4) is 68.6 Å². The van der Waals surface area contributed by atoms with Gasteiger partial charge in [-0.15, -0.1) is 0 Å². The Morgan fingerprint density at radius 2 is 0.638 bits per heavy atom. The average Bonchev–Trinajstić information content (AvgIpc) is 3.23. The maximum atomic E-state index is 6.35. The molecule has 0 spiro atoms. The quantitative estimate of drug-likeness (QED) is 0.104. The molecule has 0 saturated carbocycles. The van der Waals surface area contributed by atoms with Gasteiger partial charge in [-0.3, -0.25) is 0 Å². The number of hydrogen-bond donors (Lipinski definition) is 0. The zero-order valence-corrected chi connectivity index (χ0v) is 32.3. The van der Waals surface area contributed by atoms with Crippen LogP contribution in [0.4, 0.5) is 0 Å². The number of benzene rings is 8. The Hall–Kier alpha value is -7.44. The lowest BCUT2D eigenvalue weighted by atomic mass is 10.0. The van der Waals surface area contributed by atoms with Gasteiger partial charge in [0.25, 0.3) is 0 Å². The molecule has 0 unspecified atom stereocenters. The molecule has 0 saturated heterocycles. The third kappa shape index (κ3) is 10.4. The molecule has 0 bridgehead atoms. The van der Waals surface area contributed by atoms with Crippen molar-refractivity contribution in [1.29, 1.82) is 0 Å². The summed E-state index contributed by atoms with van der Waals surface area (Å²) >= 11 is 0. The fourth-order valence-corrected chi connectivity index (χ4v) is 6.44. The van der Waals surface area contributed by atoms with Gasteiger partial charge in [-0.1, -0.05) is 91.0 Å². The van der Waals surface area contributed by atoms with Gasteiger partial charge < -0.3 is 28.4 Å². The molecule has 8 aromatic rings. The largest absolute Gasteiger partial charge is 0.489 e. The van der Waals surface area contributed by atoms with Gasteiger partial charge in [0, 0.05) is 24.3 Å². The van der Waals surface area contributed by atoms with Crippen LogP contribution >= 0.6 is 0 Å². The molecule has 0 aliphatic carbocycles. The summed E-state index contributed by atoms with van der Waals surface area (Å²) < 4.78 is 37.2. The van der Waals surface area contributed by atoms with Crippen molar-refractivity contribution in [2.24, 2.45) is 0 Å². The summed E-state index contributed by atoms with van der Waals surface area (Å²) in [5.41, 5.74) is 6.34. The Labute approximate surface area is 339 Å². The van der Waals surface area contributed by atoms with Gasteiger partial charge in [-0.05, 0) is 126 Å². The molecule has 0 aromatic heterocycles. The first-order valence-electron chi connectivity index (χ1n) is 19.1. The van der Waals surface area contributed by atoms with E-state index in [1.54, 1.807) is 0 Å². The number of hydrogen-bond acceptors (Lipinski definition) is 6. The fraction of sp³-hybridized carbons (Fsp3) is 0.0769. The van der Waals surface area contributed by atoms with E-state index in [1.807, 2.05) is 172 Å². The monoisotopic (exact) mass is 762 g/mol. The van der Waals surface area contributed by atoms with Crippen molar-refractivity contribution in [3.63, 3.8) is 0 Å². The third-order valence-corrected chi connectivity index (χ3v) is 9.09. The van der Waals surface area contributed by atoms with E-state index in [-0.39, 0.29) is 0 Å². The second-order valence-electron chi connectivity index (χ2n) is 13.9. The lowest BCUT2D eigenvalue weighted by molar-refractivity contribution is 0.289. The van der Waals surface area contributed by atoms with Crippen molar-refractivity contribution in [2.75, 3.05) is 0 Å². The zero-order valence-electron chi connectivity index (χ0n) is 32.3. The van der Waals surface area contributed by atoms with E-state index < -0.39 is 0 Å². The SMILES string of the molecule is Cc1cc(OCc2ccccc2)cc(OCc2cccc(-c3cccc(Oc4cccc(Oc5cc(C)cc(Oc6cccc(Oc7ccccc7)c6)c5)c4)c3)c2)c1. The highest BCUT2D eigenvalue weighted by molar-refractivity contribution is 5.66. The minimum absolute atomic E-state index is 0.420. The molecule has 0 fully saturated rings. The Morgan fingerprint density at radius 1 is 0.276 bits per heavy atom. The first-order chi connectivity index (χ1) is 28.5. The summed E-state index contributed by atoms with van der Waals surface area (Å²) in [7, 11) is 0. The Morgan fingerprint density at radius 3 is 1.22 bits per heavy atom. The molecule has 0 heterocycles. The molecule has 0 N–H and O–H groups in total. The zero-order chi connectivity index (χ0) is 39.5. The van der Waals surface area contributed by atoms with Gasteiger partial charge in [-0.2, -0.15) is 0 Å². The summed E-state index contributed by atoms with van der Waals surface area (Å²) in [5.74, 6) is 6.96. The Bertz CT molecular complexity index is 2600. The first kappa shape index (κ1) is 37.5. The Balaban J connectivity index is 0.896. The molecule has 0 radical (unpaired) electrons. The van der Waals surface area contributed by atoms with Crippen LogP contribution < -0.4 is 28.4 Å². The molecular weight excluding hydrogens is 721 g/mol. The predicted octanol–water partition coefficient (Wildman–Crippen LogP) is 14.3. The molecule has 0 aliphatic heterocycles. The molecule has 6 nitrogen and oxygen atoms in total. The predicted molar refractivity (Wildman–Crippen MR) is 229 cm³/mol. The molecular formula is C52H42O6. The van der Waals surface area contributed by atoms with Crippen LogP contribution in [-0.4, -0.2) is 0 Å². The van der Waals surface area contributed by atoms with Crippen molar-refractivity contribution >= 4 is 0 Å². The Kier molecular flexibility index (Phi) is 11.6. The molecule has 0 atom stereocenters. The average molecular weight is 763 g/mol. The van der Waals surface area contributed by atoms with Crippen molar-refractivity contribution in [3.05, 3.63) is 216 Å². The van der Waals surface area contributed by atoms with Crippen molar-refractivity contribution in [2.45, 2.75) is 27.1 Å². The highest BCUT2D eigenvalue weighted by Crippen LogP contribution is 2.35. The smallest absolute Gasteiger partial charge is 0.131 e.